The highest BCUT2D eigenvalue weighted by Gasteiger charge is 2.32. The predicted octanol–water partition coefficient (Wildman–Crippen LogP) is 11.4. The molecule has 2 aliphatic carbocycles. The molecule has 1 fully saturated rings. The van der Waals surface area contributed by atoms with Crippen molar-refractivity contribution in [3.05, 3.63) is 99.4 Å². The Balaban J connectivity index is 1.44. The van der Waals surface area contributed by atoms with Crippen LogP contribution in [0.15, 0.2) is 53.9 Å². The van der Waals surface area contributed by atoms with Crippen molar-refractivity contribution in [2.45, 2.75) is 84.2 Å². The fourth-order valence-corrected chi connectivity index (χ4v) is 6.81. The molecule has 0 N–H and O–H groups in total. The molecule has 2 aliphatic rings. The van der Waals surface area contributed by atoms with Crippen LogP contribution in [-0.2, 0) is 12.8 Å². The topological polar surface area (TPSA) is 0 Å². The molecule has 43 heavy (non-hydrogen) atoms. The molecule has 1 saturated carbocycles. The van der Waals surface area contributed by atoms with Gasteiger partial charge in [-0.2, -0.15) is 13.2 Å². The highest BCUT2D eigenvalue weighted by molar-refractivity contribution is 5.52. The van der Waals surface area contributed by atoms with E-state index in [1.807, 2.05) is 13.0 Å². The molecule has 4 rings (SSSR count). The van der Waals surface area contributed by atoms with Crippen molar-refractivity contribution < 1.29 is 35.1 Å². The first-order valence-corrected chi connectivity index (χ1v) is 15.1. The maximum absolute atomic E-state index is 15.5. The van der Waals surface area contributed by atoms with Gasteiger partial charge in [0.2, 0.25) is 0 Å². The van der Waals surface area contributed by atoms with Crippen LogP contribution < -0.4 is 0 Å². The molecule has 2 aromatic carbocycles. The third-order valence-electron chi connectivity index (χ3n) is 9.14. The summed E-state index contributed by atoms with van der Waals surface area (Å²) in [7, 11) is 0. The van der Waals surface area contributed by atoms with E-state index in [0.717, 1.165) is 55.5 Å². The number of halogens is 8. The first kappa shape index (κ1) is 33.0. The second-order valence-corrected chi connectivity index (χ2v) is 12.2. The minimum Gasteiger partial charge on any atom is -0.211 e. The number of hydrogen-bond donors (Lipinski definition) is 0. The van der Waals surface area contributed by atoms with Crippen LogP contribution >= 0.6 is 0 Å². The second kappa shape index (κ2) is 13.8. The average molecular weight is 611 g/mol. The van der Waals surface area contributed by atoms with Gasteiger partial charge in [0.15, 0.2) is 0 Å². The maximum Gasteiger partial charge on any atom is 0.409 e. The van der Waals surface area contributed by atoms with Crippen LogP contribution in [0.25, 0.3) is 6.08 Å². The van der Waals surface area contributed by atoms with Crippen molar-refractivity contribution in [2.75, 3.05) is 0 Å². The Kier molecular flexibility index (Phi) is 10.6. The third-order valence-corrected chi connectivity index (χ3v) is 9.14. The zero-order valence-electron chi connectivity index (χ0n) is 24.7. The summed E-state index contributed by atoms with van der Waals surface area (Å²) in [5.41, 5.74) is -0.0109. The van der Waals surface area contributed by atoms with Crippen LogP contribution in [0.3, 0.4) is 0 Å². The van der Waals surface area contributed by atoms with Gasteiger partial charge in [0.05, 0.1) is 0 Å². The molecule has 2 aromatic rings. The molecule has 0 radical (unpaired) electrons. The van der Waals surface area contributed by atoms with Gasteiger partial charge in [-0.05, 0) is 115 Å². The van der Waals surface area contributed by atoms with Gasteiger partial charge in [-0.1, -0.05) is 39.7 Å². The summed E-state index contributed by atoms with van der Waals surface area (Å²) in [5.74, 6) is -4.12. The highest BCUT2D eigenvalue weighted by Crippen LogP contribution is 2.44. The quantitative estimate of drug-likeness (QED) is 0.248. The Hall–Kier alpha value is -2.90. The molecular weight excluding hydrogens is 572 g/mol. The molecule has 0 aliphatic heterocycles. The Morgan fingerprint density at radius 2 is 1.47 bits per heavy atom. The molecule has 0 heterocycles. The average Bonchev–Trinajstić information content (AvgIpc) is 2.91. The van der Waals surface area contributed by atoms with E-state index in [-0.39, 0.29) is 47.4 Å². The van der Waals surface area contributed by atoms with Gasteiger partial charge >= 0.3 is 6.18 Å². The summed E-state index contributed by atoms with van der Waals surface area (Å²) in [5, 5.41) is 0. The van der Waals surface area contributed by atoms with Crippen LogP contribution in [0.1, 0.15) is 87.5 Å². The van der Waals surface area contributed by atoms with E-state index >= 15 is 13.2 Å². The summed E-state index contributed by atoms with van der Waals surface area (Å²) >= 11 is 0. The highest BCUT2D eigenvalue weighted by atomic mass is 19.4. The number of benzene rings is 2. The van der Waals surface area contributed by atoms with Crippen molar-refractivity contribution in [1.82, 2.24) is 0 Å². The van der Waals surface area contributed by atoms with Gasteiger partial charge in [-0.3, -0.25) is 0 Å². The number of aryl methyl sites for hydroxylation is 1. The fraction of sp³-hybridized carbons (Fsp3) is 0.486. The number of allylic oxidation sites excluding steroid dienone is 5. The van der Waals surface area contributed by atoms with E-state index in [1.54, 1.807) is 0 Å². The van der Waals surface area contributed by atoms with E-state index in [4.69, 9.17) is 0 Å². The van der Waals surface area contributed by atoms with Gasteiger partial charge in [-0.25, -0.2) is 22.0 Å². The summed E-state index contributed by atoms with van der Waals surface area (Å²) in [6, 6.07) is 3.90. The van der Waals surface area contributed by atoms with Crippen molar-refractivity contribution in [3.63, 3.8) is 0 Å². The molecule has 0 aromatic heterocycles. The second-order valence-electron chi connectivity index (χ2n) is 12.2. The van der Waals surface area contributed by atoms with Gasteiger partial charge in [0.25, 0.3) is 0 Å². The lowest BCUT2D eigenvalue weighted by atomic mass is 9.70. The minimum atomic E-state index is -4.74. The van der Waals surface area contributed by atoms with E-state index in [1.165, 1.54) is 18.9 Å². The van der Waals surface area contributed by atoms with E-state index in [9.17, 15) is 22.0 Å². The minimum absolute atomic E-state index is 0.0310. The fourth-order valence-electron chi connectivity index (χ4n) is 6.81. The van der Waals surface area contributed by atoms with E-state index in [2.05, 4.69) is 13.8 Å². The van der Waals surface area contributed by atoms with Crippen LogP contribution in [-0.4, -0.2) is 6.18 Å². The molecule has 3 unspecified atom stereocenters. The smallest absolute Gasteiger partial charge is 0.211 e. The van der Waals surface area contributed by atoms with Crippen molar-refractivity contribution in [3.8, 4) is 0 Å². The van der Waals surface area contributed by atoms with Gasteiger partial charge in [0, 0.05) is 23.1 Å². The Morgan fingerprint density at radius 1 is 0.860 bits per heavy atom. The molecular formula is C35H38F8. The van der Waals surface area contributed by atoms with Gasteiger partial charge < -0.3 is 0 Å². The van der Waals surface area contributed by atoms with Crippen LogP contribution in [0.5, 0.6) is 0 Å². The zero-order valence-corrected chi connectivity index (χ0v) is 24.7. The molecule has 0 nitrogen and oxygen atoms in total. The van der Waals surface area contributed by atoms with Crippen LogP contribution in [0.4, 0.5) is 35.1 Å². The third kappa shape index (κ3) is 8.18. The molecule has 8 heteroatoms. The Bertz CT molecular complexity index is 1330. The first-order valence-electron chi connectivity index (χ1n) is 15.1. The van der Waals surface area contributed by atoms with E-state index in [0.29, 0.717) is 17.9 Å². The molecule has 0 amide bonds. The van der Waals surface area contributed by atoms with Crippen LogP contribution in [0.2, 0.25) is 0 Å². The normalized spacial score (nSPS) is 23.8. The number of alkyl halides is 3. The zero-order chi connectivity index (χ0) is 31.5. The lowest BCUT2D eigenvalue weighted by Crippen LogP contribution is -2.23. The summed E-state index contributed by atoms with van der Waals surface area (Å²) < 4.78 is 111. The van der Waals surface area contributed by atoms with E-state index < -0.39 is 46.8 Å². The summed E-state index contributed by atoms with van der Waals surface area (Å²) in [6.45, 7) is 6.35. The molecule has 234 valence electrons. The number of hydrogen-bond acceptors (Lipinski definition) is 0. The molecule has 0 spiro atoms. The SMILES string of the molecule is CCCC(C)C1CCC(C2=CC(C)C(c3cc(F)c(CCc4cc(F)c(/C=C/C(F)(F)F)c(F)c4)c(F)c3)C(F)=C2)CC1. The Morgan fingerprint density at radius 3 is 2.00 bits per heavy atom. The molecule has 0 bridgehead atoms. The molecule has 3 atom stereocenters. The largest absolute Gasteiger partial charge is 0.409 e. The van der Waals surface area contributed by atoms with Crippen molar-refractivity contribution >= 4 is 6.08 Å². The summed E-state index contributed by atoms with van der Waals surface area (Å²) in [4.78, 5) is 0. The summed E-state index contributed by atoms with van der Waals surface area (Å²) in [6.07, 6.45) is 5.05. The molecule has 0 saturated heterocycles. The van der Waals surface area contributed by atoms with Crippen LogP contribution in [0, 0.1) is 46.9 Å². The monoisotopic (exact) mass is 610 g/mol. The first-order chi connectivity index (χ1) is 20.3. The van der Waals surface area contributed by atoms with Gasteiger partial charge in [-0.15, -0.1) is 0 Å². The number of rotatable bonds is 9. The van der Waals surface area contributed by atoms with Gasteiger partial charge in [0.1, 0.15) is 29.1 Å². The standard InChI is InChI=1S/C35H38F8/c1-4-5-20(2)23-7-9-24(10-8-23)25-14-21(3)34(33(40)17-25)26-18-31(38)27(32(39)19-26)11-6-22-15-29(36)28(30(37)16-22)12-13-35(41,42)43/h12-21,23-24,34H,4-11H2,1-3H3/b13-12+. The maximum atomic E-state index is 15.5. The lowest BCUT2D eigenvalue weighted by molar-refractivity contribution is -0.0790. The van der Waals surface area contributed by atoms with Crippen molar-refractivity contribution in [2.24, 2.45) is 23.7 Å². The predicted molar refractivity (Wildman–Crippen MR) is 154 cm³/mol. The van der Waals surface area contributed by atoms with Crippen molar-refractivity contribution in [1.29, 1.82) is 0 Å². The lowest BCUT2D eigenvalue weighted by Gasteiger charge is -2.35. The Labute approximate surface area is 248 Å².